The van der Waals surface area contributed by atoms with Gasteiger partial charge in [-0.1, -0.05) is 11.3 Å². The van der Waals surface area contributed by atoms with Crippen LogP contribution in [0.3, 0.4) is 0 Å². The van der Waals surface area contributed by atoms with Crippen LogP contribution >= 0.6 is 11.3 Å². The Labute approximate surface area is 138 Å². The number of fused-ring (bicyclic) bond motifs is 1. The molecule has 4 rings (SSSR count). The normalized spacial score (nSPS) is 16.1. The fraction of sp³-hybridized carbons (Fsp3) is 0.400. The zero-order valence-corrected chi connectivity index (χ0v) is 13.8. The molecule has 8 heteroatoms. The van der Waals surface area contributed by atoms with Gasteiger partial charge >= 0.3 is 0 Å². The average molecular weight is 329 g/mol. The zero-order valence-electron chi connectivity index (χ0n) is 13.0. The summed E-state index contributed by atoms with van der Waals surface area (Å²) < 4.78 is 2.08. The Morgan fingerprint density at radius 2 is 2.09 bits per heavy atom. The maximum absolute atomic E-state index is 4.37. The molecule has 1 saturated heterocycles. The van der Waals surface area contributed by atoms with Crippen LogP contribution in [0.25, 0.3) is 5.65 Å². The Bertz CT molecular complexity index is 755. The summed E-state index contributed by atoms with van der Waals surface area (Å²) in [6.45, 7) is 5.02. The topological polar surface area (TPSA) is 61.6 Å². The number of piperazine rings is 1. The summed E-state index contributed by atoms with van der Waals surface area (Å²) in [4.78, 5) is 9.16. The molecule has 23 heavy (non-hydrogen) atoms. The highest BCUT2D eigenvalue weighted by molar-refractivity contribution is 7.19. The predicted octanol–water partition coefficient (Wildman–Crippen LogP) is 1.55. The van der Waals surface area contributed by atoms with Crippen molar-refractivity contribution in [2.75, 3.05) is 43.4 Å². The molecular formula is C15H19N7S. The number of hydrogen-bond donors (Lipinski definition) is 1. The molecule has 0 bridgehead atoms. The SMILES string of the molecule is CNc1nnc(N2CCN(Cc3cc4ncccn4c3)CC2)s1. The van der Waals surface area contributed by atoms with Gasteiger partial charge in [0, 0.05) is 58.4 Å². The van der Waals surface area contributed by atoms with Crippen LogP contribution in [0.2, 0.25) is 0 Å². The highest BCUT2D eigenvalue weighted by Gasteiger charge is 2.20. The largest absolute Gasteiger partial charge is 0.363 e. The van der Waals surface area contributed by atoms with Crippen molar-refractivity contribution in [2.24, 2.45) is 0 Å². The minimum absolute atomic E-state index is 0.871. The van der Waals surface area contributed by atoms with Crippen molar-refractivity contribution < 1.29 is 0 Å². The van der Waals surface area contributed by atoms with E-state index in [2.05, 4.69) is 47.0 Å². The molecule has 1 fully saturated rings. The predicted molar refractivity (Wildman–Crippen MR) is 92.1 cm³/mol. The molecule has 4 heterocycles. The Morgan fingerprint density at radius 3 is 2.83 bits per heavy atom. The molecule has 0 aliphatic carbocycles. The van der Waals surface area contributed by atoms with Crippen LogP contribution in [0.1, 0.15) is 5.56 Å². The Balaban J connectivity index is 1.37. The number of hydrogen-bond acceptors (Lipinski definition) is 7. The summed E-state index contributed by atoms with van der Waals surface area (Å²) in [5.74, 6) is 0. The van der Waals surface area contributed by atoms with E-state index < -0.39 is 0 Å². The minimum atomic E-state index is 0.871. The van der Waals surface area contributed by atoms with Crippen molar-refractivity contribution in [2.45, 2.75) is 6.54 Å². The van der Waals surface area contributed by atoms with Crippen LogP contribution in [0, 0.1) is 0 Å². The van der Waals surface area contributed by atoms with Gasteiger partial charge in [0.15, 0.2) is 0 Å². The fourth-order valence-electron chi connectivity index (χ4n) is 2.88. The second-order valence-electron chi connectivity index (χ2n) is 5.64. The molecule has 0 radical (unpaired) electrons. The standard InChI is InChI=1S/C15H19N7S/c1-16-14-18-19-15(23-14)21-7-5-20(6-8-21)10-12-9-13-17-3-2-4-22(13)11-12/h2-4,9,11H,5-8,10H2,1H3,(H,16,18). The van der Waals surface area contributed by atoms with Crippen LogP contribution in [0.15, 0.2) is 30.7 Å². The molecule has 3 aromatic heterocycles. The van der Waals surface area contributed by atoms with Crippen LogP contribution in [0.4, 0.5) is 10.3 Å². The second-order valence-corrected chi connectivity index (χ2v) is 6.59. The van der Waals surface area contributed by atoms with Gasteiger partial charge in [0.1, 0.15) is 5.65 Å². The summed E-state index contributed by atoms with van der Waals surface area (Å²) in [7, 11) is 1.87. The monoisotopic (exact) mass is 329 g/mol. The van der Waals surface area contributed by atoms with Gasteiger partial charge in [0.2, 0.25) is 10.3 Å². The third-order valence-electron chi connectivity index (χ3n) is 4.10. The quantitative estimate of drug-likeness (QED) is 0.784. The van der Waals surface area contributed by atoms with Crippen LogP contribution in [0.5, 0.6) is 0 Å². The molecule has 0 aromatic carbocycles. The van der Waals surface area contributed by atoms with E-state index in [0.717, 1.165) is 48.6 Å². The Morgan fingerprint density at radius 1 is 1.22 bits per heavy atom. The van der Waals surface area contributed by atoms with Gasteiger partial charge in [-0.15, -0.1) is 10.2 Å². The van der Waals surface area contributed by atoms with Gasteiger partial charge in [-0.05, 0) is 17.7 Å². The van der Waals surface area contributed by atoms with E-state index in [9.17, 15) is 0 Å². The first kappa shape index (κ1) is 14.4. The molecule has 1 aliphatic rings. The van der Waals surface area contributed by atoms with E-state index >= 15 is 0 Å². The number of anilines is 2. The highest BCUT2D eigenvalue weighted by Crippen LogP contribution is 2.24. The van der Waals surface area contributed by atoms with Gasteiger partial charge in [0.05, 0.1) is 0 Å². The van der Waals surface area contributed by atoms with Crippen LogP contribution < -0.4 is 10.2 Å². The van der Waals surface area contributed by atoms with E-state index in [1.165, 1.54) is 5.56 Å². The molecule has 1 aliphatic heterocycles. The molecule has 0 saturated carbocycles. The second kappa shape index (κ2) is 6.13. The lowest BCUT2D eigenvalue weighted by Gasteiger charge is -2.34. The van der Waals surface area contributed by atoms with Crippen LogP contribution in [-0.4, -0.2) is 57.7 Å². The summed E-state index contributed by atoms with van der Waals surface area (Å²) in [5.41, 5.74) is 2.32. The van der Waals surface area contributed by atoms with Crippen molar-refractivity contribution in [3.05, 3.63) is 36.3 Å². The van der Waals surface area contributed by atoms with Crippen molar-refractivity contribution >= 4 is 27.2 Å². The van der Waals surface area contributed by atoms with E-state index in [4.69, 9.17) is 0 Å². The first-order valence-electron chi connectivity index (χ1n) is 7.72. The summed E-state index contributed by atoms with van der Waals surface area (Å²) in [6, 6.07) is 4.12. The third kappa shape index (κ3) is 2.99. The smallest absolute Gasteiger partial charge is 0.210 e. The number of nitrogens with zero attached hydrogens (tertiary/aromatic N) is 6. The molecule has 1 N–H and O–H groups in total. The molecule has 0 unspecified atom stereocenters. The number of nitrogens with one attached hydrogen (secondary N) is 1. The summed E-state index contributed by atoms with van der Waals surface area (Å²) in [6.07, 6.45) is 6.04. The maximum Gasteiger partial charge on any atom is 0.210 e. The lowest BCUT2D eigenvalue weighted by Crippen LogP contribution is -2.45. The number of aromatic nitrogens is 4. The summed E-state index contributed by atoms with van der Waals surface area (Å²) >= 11 is 1.61. The van der Waals surface area contributed by atoms with Crippen molar-refractivity contribution in [3.8, 4) is 0 Å². The first-order chi connectivity index (χ1) is 11.3. The van der Waals surface area contributed by atoms with Crippen LogP contribution in [-0.2, 0) is 6.54 Å². The van der Waals surface area contributed by atoms with Gasteiger partial charge in [-0.3, -0.25) is 4.90 Å². The van der Waals surface area contributed by atoms with Gasteiger partial charge in [-0.25, -0.2) is 4.98 Å². The molecule has 120 valence electrons. The lowest BCUT2D eigenvalue weighted by atomic mass is 10.2. The molecular weight excluding hydrogens is 310 g/mol. The molecule has 7 nitrogen and oxygen atoms in total. The van der Waals surface area contributed by atoms with E-state index in [0.29, 0.717) is 0 Å². The molecule has 0 atom stereocenters. The maximum atomic E-state index is 4.37. The van der Waals surface area contributed by atoms with Gasteiger partial charge in [0.25, 0.3) is 0 Å². The fourth-order valence-corrected chi connectivity index (χ4v) is 3.63. The molecule has 3 aromatic rings. The number of rotatable bonds is 4. The zero-order chi connectivity index (χ0) is 15.6. The molecule has 0 amide bonds. The average Bonchev–Trinajstić information content (AvgIpc) is 3.21. The van der Waals surface area contributed by atoms with E-state index in [1.807, 2.05) is 25.5 Å². The van der Waals surface area contributed by atoms with Crippen molar-refractivity contribution in [1.82, 2.24) is 24.5 Å². The summed E-state index contributed by atoms with van der Waals surface area (Å²) in [5, 5.41) is 13.3. The minimum Gasteiger partial charge on any atom is -0.363 e. The van der Waals surface area contributed by atoms with E-state index in [-0.39, 0.29) is 0 Å². The van der Waals surface area contributed by atoms with E-state index in [1.54, 1.807) is 11.3 Å². The van der Waals surface area contributed by atoms with Gasteiger partial charge < -0.3 is 14.6 Å². The van der Waals surface area contributed by atoms with Crippen molar-refractivity contribution in [3.63, 3.8) is 0 Å². The van der Waals surface area contributed by atoms with Gasteiger partial charge in [-0.2, -0.15) is 0 Å². The third-order valence-corrected chi connectivity index (χ3v) is 5.10. The Kier molecular flexibility index (Phi) is 3.84. The highest BCUT2D eigenvalue weighted by atomic mass is 32.1. The lowest BCUT2D eigenvalue weighted by molar-refractivity contribution is 0.250. The van der Waals surface area contributed by atoms with Crippen molar-refractivity contribution in [1.29, 1.82) is 0 Å². The first-order valence-corrected chi connectivity index (χ1v) is 8.53. The molecule has 0 spiro atoms. The Hall–Kier alpha value is -2.19.